The topological polar surface area (TPSA) is 69.7 Å². The van der Waals surface area contributed by atoms with Crippen LogP contribution in [0.4, 0.5) is 0 Å². The van der Waals surface area contributed by atoms with Gasteiger partial charge in [0.05, 0.1) is 5.92 Å². The maximum atomic E-state index is 12.3. The van der Waals surface area contributed by atoms with Crippen LogP contribution in [0, 0.1) is 5.92 Å². The van der Waals surface area contributed by atoms with Crippen molar-refractivity contribution in [1.82, 2.24) is 13.9 Å². The fourth-order valence-corrected chi connectivity index (χ4v) is 3.96. The van der Waals surface area contributed by atoms with E-state index in [9.17, 15) is 13.2 Å². The van der Waals surface area contributed by atoms with Gasteiger partial charge < -0.3 is 5.32 Å². The molecule has 8 heteroatoms. The molecular formula is C15H22ClN3O3S. The molecule has 128 valence electrons. The largest absolute Gasteiger partial charge is 0.352 e. The number of halogens is 1. The van der Waals surface area contributed by atoms with Gasteiger partial charge in [0.1, 0.15) is 0 Å². The van der Waals surface area contributed by atoms with Crippen molar-refractivity contribution in [1.29, 1.82) is 0 Å². The molecule has 1 saturated heterocycles. The number of nitrogens with one attached hydrogen (secondary N) is 1. The minimum absolute atomic E-state index is 0.136. The molecule has 1 aliphatic rings. The molecule has 1 unspecified atom stereocenters. The van der Waals surface area contributed by atoms with Crippen molar-refractivity contribution < 1.29 is 13.2 Å². The summed E-state index contributed by atoms with van der Waals surface area (Å²) in [7, 11) is -0.482. The van der Waals surface area contributed by atoms with E-state index < -0.39 is 10.2 Å². The van der Waals surface area contributed by atoms with Gasteiger partial charge in [-0.15, -0.1) is 0 Å². The van der Waals surface area contributed by atoms with Crippen molar-refractivity contribution in [2.75, 3.05) is 27.2 Å². The summed E-state index contributed by atoms with van der Waals surface area (Å²) in [6.07, 6.45) is 1.37. The van der Waals surface area contributed by atoms with E-state index in [1.165, 1.54) is 22.7 Å². The molecule has 1 aromatic carbocycles. The quantitative estimate of drug-likeness (QED) is 0.865. The Morgan fingerprint density at radius 1 is 1.39 bits per heavy atom. The molecule has 23 heavy (non-hydrogen) atoms. The van der Waals surface area contributed by atoms with E-state index >= 15 is 0 Å². The van der Waals surface area contributed by atoms with E-state index in [-0.39, 0.29) is 18.4 Å². The number of carbonyl (C=O) groups excluding carboxylic acids is 1. The molecule has 0 saturated carbocycles. The number of hydrogen-bond donors (Lipinski definition) is 1. The van der Waals surface area contributed by atoms with E-state index in [0.29, 0.717) is 31.0 Å². The number of hydrogen-bond acceptors (Lipinski definition) is 3. The SMILES string of the molecule is CN(C)S(=O)(=O)N1CCCC(C(=O)NCc2ccccc2Cl)C1. The highest BCUT2D eigenvalue weighted by Crippen LogP contribution is 2.21. The van der Waals surface area contributed by atoms with E-state index in [1.807, 2.05) is 18.2 Å². The first kappa shape index (κ1) is 18.2. The maximum Gasteiger partial charge on any atom is 0.281 e. The van der Waals surface area contributed by atoms with E-state index in [0.717, 1.165) is 5.56 Å². The first-order chi connectivity index (χ1) is 10.8. The average Bonchev–Trinajstić information content (AvgIpc) is 2.53. The Bertz CT molecular complexity index is 664. The van der Waals surface area contributed by atoms with Gasteiger partial charge in [-0.1, -0.05) is 29.8 Å². The second kappa shape index (κ2) is 7.61. The van der Waals surface area contributed by atoms with Crippen molar-refractivity contribution >= 4 is 27.7 Å². The van der Waals surface area contributed by atoms with Crippen molar-refractivity contribution in [3.05, 3.63) is 34.9 Å². The number of benzene rings is 1. The fraction of sp³-hybridized carbons (Fsp3) is 0.533. The summed E-state index contributed by atoms with van der Waals surface area (Å²) in [4.78, 5) is 12.3. The lowest BCUT2D eigenvalue weighted by atomic mass is 9.99. The molecule has 0 aromatic heterocycles. The van der Waals surface area contributed by atoms with Gasteiger partial charge in [0.2, 0.25) is 5.91 Å². The molecule has 1 aromatic rings. The van der Waals surface area contributed by atoms with Crippen molar-refractivity contribution in [3.8, 4) is 0 Å². The Morgan fingerprint density at radius 2 is 2.09 bits per heavy atom. The zero-order chi connectivity index (χ0) is 17.0. The van der Waals surface area contributed by atoms with Crippen LogP contribution in [0.2, 0.25) is 5.02 Å². The summed E-state index contributed by atoms with van der Waals surface area (Å²) in [5.41, 5.74) is 0.844. The first-order valence-electron chi connectivity index (χ1n) is 7.51. The minimum atomic E-state index is -3.47. The summed E-state index contributed by atoms with van der Waals surface area (Å²) >= 11 is 6.07. The standard InChI is InChI=1S/C15H22ClN3O3S/c1-18(2)23(21,22)19-9-5-7-13(11-19)15(20)17-10-12-6-3-4-8-14(12)16/h3-4,6,8,13H,5,7,9-11H2,1-2H3,(H,17,20). The molecule has 1 aliphatic heterocycles. The van der Waals surface area contributed by atoms with Gasteiger partial charge in [-0.25, -0.2) is 0 Å². The summed E-state index contributed by atoms with van der Waals surface area (Å²) in [6, 6.07) is 7.32. The second-order valence-corrected chi connectivity index (χ2v) is 8.35. The molecule has 1 atom stereocenters. The van der Waals surface area contributed by atoms with Crippen LogP contribution in [0.5, 0.6) is 0 Å². The molecule has 0 aliphatic carbocycles. The maximum absolute atomic E-state index is 12.3. The summed E-state index contributed by atoms with van der Waals surface area (Å²) in [5.74, 6) is -0.468. The predicted molar refractivity (Wildman–Crippen MR) is 90.2 cm³/mol. The van der Waals surface area contributed by atoms with Gasteiger partial charge in [0.25, 0.3) is 10.2 Å². The highest BCUT2D eigenvalue weighted by molar-refractivity contribution is 7.86. The van der Waals surface area contributed by atoms with Crippen LogP contribution in [0.1, 0.15) is 18.4 Å². The smallest absolute Gasteiger partial charge is 0.281 e. The zero-order valence-corrected chi connectivity index (χ0v) is 14.9. The summed E-state index contributed by atoms with van der Waals surface area (Å²) in [6.45, 7) is 1.01. The van der Waals surface area contributed by atoms with Gasteiger partial charge in [-0.05, 0) is 24.5 Å². The van der Waals surface area contributed by atoms with Crippen LogP contribution in [-0.2, 0) is 21.5 Å². The van der Waals surface area contributed by atoms with Crippen LogP contribution in [0.15, 0.2) is 24.3 Å². The summed E-state index contributed by atoms with van der Waals surface area (Å²) < 4.78 is 26.9. The predicted octanol–water partition coefficient (Wildman–Crippen LogP) is 1.47. The molecule has 1 N–H and O–H groups in total. The van der Waals surface area contributed by atoms with Crippen molar-refractivity contribution in [2.24, 2.45) is 5.92 Å². The molecule has 2 rings (SSSR count). The lowest BCUT2D eigenvalue weighted by Gasteiger charge is -2.32. The van der Waals surface area contributed by atoms with Crippen molar-refractivity contribution in [3.63, 3.8) is 0 Å². The van der Waals surface area contributed by atoms with Gasteiger partial charge in [0.15, 0.2) is 0 Å². The van der Waals surface area contributed by atoms with Crippen LogP contribution in [0.3, 0.4) is 0 Å². The molecule has 1 amide bonds. The van der Waals surface area contributed by atoms with Gasteiger partial charge in [0, 0.05) is 38.8 Å². The zero-order valence-electron chi connectivity index (χ0n) is 13.3. The number of piperidine rings is 1. The third-order valence-corrected chi connectivity index (χ3v) is 6.23. The lowest BCUT2D eigenvalue weighted by Crippen LogP contribution is -2.48. The normalized spacial score (nSPS) is 19.7. The van der Waals surface area contributed by atoms with Crippen LogP contribution < -0.4 is 5.32 Å². The summed E-state index contributed by atoms with van der Waals surface area (Å²) in [5, 5.41) is 3.46. The molecule has 0 bridgehead atoms. The molecule has 1 heterocycles. The van der Waals surface area contributed by atoms with Gasteiger partial charge in [-0.3, -0.25) is 4.79 Å². The number of nitrogens with zero attached hydrogens (tertiary/aromatic N) is 2. The van der Waals surface area contributed by atoms with Gasteiger partial charge >= 0.3 is 0 Å². The third kappa shape index (κ3) is 4.44. The molecular weight excluding hydrogens is 338 g/mol. The van der Waals surface area contributed by atoms with Crippen LogP contribution in [-0.4, -0.2) is 50.1 Å². The Balaban J connectivity index is 1.96. The minimum Gasteiger partial charge on any atom is -0.352 e. The number of amides is 1. The van der Waals surface area contributed by atoms with Crippen molar-refractivity contribution in [2.45, 2.75) is 19.4 Å². The average molecular weight is 360 g/mol. The highest BCUT2D eigenvalue weighted by Gasteiger charge is 2.33. The first-order valence-corrected chi connectivity index (χ1v) is 9.28. The Kier molecular flexibility index (Phi) is 6.02. The Hall–Kier alpha value is -1.15. The lowest BCUT2D eigenvalue weighted by molar-refractivity contribution is -0.126. The highest BCUT2D eigenvalue weighted by atomic mass is 35.5. The Morgan fingerprint density at radius 3 is 2.74 bits per heavy atom. The van der Waals surface area contributed by atoms with E-state index in [2.05, 4.69) is 5.32 Å². The fourth-order valence-electron chi connectivity index (χ4n) is 2.57. The molecule has 0 radical (unpaired) electrons. The molecule has 6 nitrogen and oxygen atoms in total. The Labute approximate surface area is 142 Å². The van der Waals surface area contributed by atoms with Crippen LogP contribution in [0.25, 0.3) is 0 Å². The third-order valence-electron chi connectivity index (χ3n) is 3.95. The monoisotopic (exact) mass is 359 g/mol. The number of carbonyl (C=O) groups is 1. The second-order valence-electron chi connectivity index (χ2n) is 5.80. The molecule has 1 fully saturated rings. The van der Waals surface area contributed by atoms with Gasteiger partial charge in [-0.2, -0.15) is 17.0 Å². The van der Waals surface area contributed by atoms with Crippen LogP contribution >= 0.6 is 11.6 Å². The van der Waals surface area contributed by atoms with E-state index in [1.54, 1.807) is 6.07 Å². The van der Waals surface area contributed by atoms with E-state index in [4.69, 9.17) is 11.6 Å². The number of rotatable bonds is 5. The molecule has 0 spiro atoms.